The van der Waals surface area contributed by atoms with Gasteiger partial charge in [0.05, 0.1) is 17.0 Å². The third kappa shape index (κ3) is 5.36. The quantitative estimate of drug-likeness (QED) is 0.589. The fourth-order valence-corrected chi connectivity index (χ4v) is 2.98. The Bertz CT molecular complexity index is 924. The molecular formula is C21H19NO3S. The molecule has 5 heteroatoms. The van der Waals surface area contributed by atoms with Crippen molar-refractivity contribution < 1.29 is 14.6 Å². The lowest BCUT2D eigenvalue weighted by atomic mass is 10.2. The van der Waals surface area contributed by atoms with Crippen molar-refractivity contribution in [1.29, 1.82) is 0 Å². The topological polar surface area (TPSA) is 59.4 Å². The van der Waals surface area contributed by atoms with Gasteiger partial charge in [-0.1, -0.05) is 48.6 Å². The van der Waals surface area contributed by atoms with Crippen LogP contribution in [0.5, 0.6) is 5.75 Å². The molecule has 26 heavy (non-hydrogen) atoms. The Balaban J connectivity index is 1.57. The predicted molar refractivity (Wildman–Crippen MR) is 107 cm³/mol. The van der Waals surface area contributed by atoms with Gasteiger partial charge in [-0.05, 0) is 29.8 Å². The molecule has 0 spiro atoms. The number of nitrogens with zero attached hydrogens (tertiary/aromatic N) is 1. The molecule has 3 rings (SSSR count). The molecule has 0 aliphatic rings. The molecular weight excluding hydrogens is 346 g/mol. The van der Waals surface area contributed by atoms with Gasteiger partial charge in [-0.2, -0.15) is 0 Å². The van der Waals surface area contributed by atoms with Gasteiger partial charge in [0.25, 0.3) is 0 Å². The van der Waals surface area contributed by atoms with Gasteiger partial charge in [0.1, 0.15) is 12.4 Å². The number of carbonyl (C=O) groups is 1. The summed E-state index contributed by atoms with van der Waals surface area (Å²) in [5.74, 6) is 0.770. The standard InChI is InChI=1S/C21H19NO3S/c23-21(24)15-26-12-4-6-16-5-3-8-19(13-16)25-14-18-11-10-17-7-1-2-9-20(17)22-18/h1-11,13H,12,14-15H2,(H,23,24). The number of carboxylic acids is 1. The van der Waals surface area contributed by atoms with Crippen molar-refractivity contribution in [2.45, 2.75) is 6.61 Å². The van der Waals surface area contributed by atoms with Crippen molar-refractivity contribution in [2.24, 2.45) is 0 Å². The van der Waals surface area contributed by atoms with Gasteiger partial charge in [0.15, 0.2) is 0 Å². The minimum atomic E-state index is -0.791. The van der Waals surface area contributed by atoms with Crippen LogP contribution in [0.4, 0.5) is 0 Å². The number of thioether (sulfide) groups is 1. The zero-order valence-corrected chi connectivity index (χ0v) is 15.0. The van der Waals surface area contributed by atoms with Gasteiger partial charge in [-0.25, -0.2) is 4.98 Å². The second-order valence-corrected chi connectivity index (χ2v) is 6.70. The Morgan fingerprint density at radius 3 is 2.88 bits per heavy atom. The van der Waals surface area contributed by atoms with Crippen LogP contribution in [0.25, 0.3) is 17.0 Å². The van der Waals surface area contributed by atoms with Crippen molar-refractivity contribution in [3.63, 3.8) is 0 Å². The van der Waals surface area contributed by atoms with Crippen molar-refractivity contribution in [3.8, 4) is 5.75 Å². The molecule has 0 saturated heterocycles. The molecule has 132 valence electrons. The van der Waals surface area contributed by atoms with Crippen LogP contribution in [-0.4, -0.2) is 27.6 Å². The van der Waals surface area contributed by atoms with E-state index in [0.29, 0.717) is 12.4 Å². The lowest BCUT2D eigenvalue weighted by molar-refractivity contribution is -0.133. The highest BCUT2D eigenvalue weighted by atomic mass is 32.2. The maximum atomic E-state index is 10.5. The number of pyridine rings is 1. The first kappa shape index (κ1) is 18.0. The number of aliphatic carboxylic acids is 1. The Hall–Kier alpha value is -2.79. The maximum Gasteiger partial charge on any atom is 0.313 e. The normalized spacial score (nSPS) is 11.1. The largest absolute Gasteiger partial charge is 0.487 e. The second-order valence-electron chi connectivity index (χ2n) is 5.67. The summed E-state index contributed by atoms with van der Waals surface area (Å²) in [7, 11) is 0. The van der Waals surface area contributed by atoms with E-state index in [1.54, 1.807) is 0 Å². The summed E-state index contributed by atoms with van der Waals surface area (Å²) in [6.07, 6.45) is 3.92. The van der Waals surface area contributed by atoms with Gasteiger partial charge < -0.3 is 9.84 Å². The molecule has 0 amide bonds. The molecule has 1 aromatic heterocycles. The van der Waals surface area contributed by atoms with Crippen LogP contribution in [-0.2, 0) is 11.4 Å². The number of rotatable bonds is 8. The monoisotopic (exact) mass is 365 g/mol. The van der Waals surface area contributed by atoms with Crippen LogP contribution in [0.2, 0.25) is 0 Å². The van der Waals surface area contributed by atoms with Gasteiger partial charge in [-0.15, -0.1) is 11.8 Å². The van der Waals surface area contributed by atoms with Gasteiger partial charge >= 0.3 is 5.97 Å². The highest BCUT2D eigenvalue weighted by molar-refractivity contribution is 8.00. The highest BCUT2D eigenvalue weighted by Crippen LogP contribution is 2.17. The summed E-state index contributed by atoms with van der Waals surface area (Å²) in [6, 6.07) is 19.8. The molecule has 0 aliphatic heterocycles. The fraction of sp³-hybridized carbons (Fsp3) is 0.143. The van der Waals surface area contributed by atoms with E-state index in [1.807, 2.05) is 66.7 Å². The summed E-state index contributed by atoms with van der Waals surface area (Å²) in [5.41, 5.74) is 2.86. The number of fused-ring (bicyclic) bond motifs is 1. The SMILES string of the molecule is O=C(O)CSCC=Cc1cccc(OCc2ccc3ccccc3n2)c1. The van der Waals surface area contributed by atoms with Crippen molar-refractivity contribution in [3.05, 3.63) is 78.0 Å². The summed E-state index contributed by atoms with van der Waals surface area (Å²) in [4.78, 5) is 15.1. The zero-order valence-electron chi connectivity index (χ0n) is 14.2. The van der Waals surface area contributed by atoms with E-state index >= 15 is 0 Å². The number of carboxylic acid groups (broad SMARTS) is 1. The Morgan fingerprint density at radius 1 is 1.12 bits per heavy atom. The van der Waals surface area contributed by atoms with E-state index in [4.69, 9.17) is 9.84 Å². The molecule has 0 atom stereocenters. The molecule has 3 aromatic rings. The second kappa shape index (κ2) is 9.06. The molecule has 0 radical (unpaired) electrons. The number of hydrogen-bond acceptors (Lipinski definition) is 4. The molecule has 0 fully saturated rings. The third-order valence-electron chi connectivity index (χ3n) is 3.65. The summed E-state index contributed by atoms with van der Waals surface area (Å²) in [6.45, 7) is 0.409. The zero-order chi connectivity index (χ0) is 18.2. The van der Waals surface area contributed by atoms with Crippen molar-refractivity contribution in [2.75, 3.05) is 11.5 Å². The molecule has 2 aromatic carbocycles. The molecule has 0 saturated carbocycles. The van der Waals surface area contributed by atoms with Gasteiger partial charge in [0.2, 0.25) is 0 Å². The van der Waals surface area contributed by atoms with Gasteiger partial charge in [-0.3, -0.25) is 4.79 Å². The maximum absolute atomic E-state index is 10.5. The number of hydrogen-bond donors (Lipinski definition) is 1. The fourth-order valence-electron chi connectivity index (χ4n) is 2.45. The first-order valence-electron chi connectivity index (χ1n) is 8.24. The average molecular weight is 365 g/mol. The predicted octanol–water partition coefficient (Wildman–Crippen LogP) is 4.64. The Labute approximate surface area is 156 Å². The molecule has 0 bridgehead atoms. The first-order chi connectivity index (χ1) is 12.7. The van der Waals surface area contributed by atoms with E-state index < -0.39 is 5.97 Å². The number of benzene rings is 2. The smallest absolute Gasteiger partial charge is 0.313 e. The average Bonchev–Trinajstić information content (AvgIpc) is 2.66. The molecule has 0 unspecified atom stereocenters. The molecule has 1 heterocycles. The van der Waals surface area contributed by atoms with Crippen molar-refractivity contribution in [1.82, 2.24) is 4.98 Å². The number of ether oxygens (including phenoxy) is 1. The van der Waals surface area contributed by atoms with E-state index in [2.05, 4.69) is 11.1 Å². The minimum absolute atomic E-state index is 0.117. The highest BCUT2D eigenvalue weighted by Gasteiger charge is 2.00. The van der Waals surface area contributed by atoms with E-state index in [-0.39, 0.29) is 5.75 Å². The van der Waals surface area contributed by atoms with Crippen molar-refractivity contribution >= 4 is 34.7 Å². The third-order valence-corrected chi connectivity index (χ3v) is 4.53. The van der Waals surface area contributed by atoms with Crippen LogP contribution in [0.3, 0.4) is 0 Å². The molecule has 0 aliphatic carbocycles. The van der Waals surface area contributed by atoms with Crippen LogP contribution in [0, 0.1) is 0 Å². The number of aromatic nitrogens is 1. The summed E-state index contributed by atoms with van der Waals surface area (Å²) < 4.78 is 5.86. The van der Waals surface area contributed by atoms with E-state index in [0.717, 1.165) is 27.9 Å². The summed E-state index contributed by atoms with van der Waals surface area (Å²) in [5, 5.41) is 9.73. The lowest BCUT2D eigenvalue weighted by Crippen LogP contribution is -1.98. The van der Waals surface area contributed by atoms with E-state index in [1.165, 1.54) is 11.8 Å². The molecule has 4 nitrogen and oxygen atoms in total. The molecule has 1 N–H and O–H groups in total. The van der Waals surface area contributed by atoms with Crippen LogP contribution in [0.15, 0.2) is 66.7 Å². The van der Waals surface area contributed by atoms with Crippen LogP contribution >= 0.6 is 11.8 Å². The van der Waals surface area contributed by atoms with Crippen LogP contribution in [0.1, 0.15) is 11.3 Å². The Kier molecular flexibility index (Phi) is 6.28. The summed E-state index contributed by atoms with van der Waals surface area (Å²) >= 11 is 1.37. The number of para-hydroxylation sites is 1. The minimum Gasteiger partial charge on any atom is -0.487 e. The lowest BCUT2D eigenvalue weighted by Gasteiger charge is -2.07. The van der Waals surface area contributed by atoms with E-state index in [9.17, 15) is 4.79 Å². The Morgan fingerprint density at radius 2 is 2.00 bits per heavy atom. The van der Waals surface area contributed by atoms with Crippen LogP contribution < -0.4 is 4.74 Å². The first-order valence-corrected chi connectivity index (χ1v) is 9.40. The van der Waals surface area contributed by atoms with Gasteiger partial charge in [0, 0.05) is 11.1 Å².